The van der Waals surface area contributed by atoms with E-state index in [9.17, 15) is 4.79 Å². The van der Waals surface area contributed by atoms with Gasteiger partial charge in [-0.25, -0.2) is 0 Å². The Labute approximate surface area is 125 Å². The SMILES string of the molecule is CC1CCCC(CN)N1C(=O)C1CCCc2sccc21. The molecular weight excluding hydrogens is 268 g/mol. The first-order valence-corrected chi connectivity index (χ1v) is 8.69. The third-order valence-corrected chi connectivity index (χ3v) is 5.90. The maximum Gasteiger partial charge on any atom is 0.230 e. The van der Waals surface area contributed by atoms with Crippen molar-refractivity contribution in [3.05, 3.63) is 21.9 Å². The Bertz CT molecular complexity index is 485. The third kappa shape index (κ3) is 2.40. The van der Waals surface area contributed by atoms with Crippen LogP contribution in [0.1, 0.15) is 55.4 Å². The molecule has 1 amide bonds. The molecule has 20 heavy (non-hydrogen) atoms. The highest BCUT2D eigenvalue weighted by atomic mass is 32.1. The average molecular weight is 292 g/mol. The number of hydrogen-bond acceptors (Lipinski definition) is 3. The van der Waals surface area contributed by atoms with Gasteiger partial charge >= 0.3 is 0 Å². The van der Waals surface area contributed by atoms with Crippen molar-refractivity contribution in [2.45, 2.75) is 63.5 Å². The van der Waals surface area contributed by atoms with E-state index in [0.717, 1.165) is 32.1 Å². The molecule has 1 saturated heterocycles. The monoisotopic (exact) mass is 292 g/mol. The fourth-order valence-electron chi connectivity index (χ4n) is 3.84. The van der Waals surface area contributed by atoms with Gasteiger partial charge in [-0.2, -0.15) is 0 Å². The van der Waals surface area contributed by atoms with E-state index >= 15 is 0 Å². The molecule has 1 aromatic rings. The summed E-state index contributed by atoms with van der Waals surface area (Å²) >= 11 is 1.81. The Kier molecular flexibility index (Phi) is 4.13. The average Bonchev–Trinajstić information content (AvgIpc) is 2.94. The summed E-state index contributed by atoms with van der Waals surface area (Å²) in [5.41, 5.74) is 7.20. The Morgan fingerprint density at radius 3 is 3.05 bits per heavy atom. The van der Waals surface area contributed by atoms with Gasteiger partial charge in [0, 0.05) is 23.5 Å². The molecule has 3 atom stereocenters. The van der Waals surface area contributed by atoms with Crippen LogP contribution >= 0.6 is 11.3 Å². The van der Waals surface area contributed by atoms with Crippen molar-refractivity contribution in [2.24, 2.45) is 5.73 Å². The van der Waals surface area contributed by atoms with Crippen LogP contribution in [0.3, 0.4) is 0 Å². The normalized spacial score (nSPS) is 30.1. The van der Waals surface area contributed by atoms with Gasteiger partial charge in [0.05, 0.1) is 5.92 Å². The fraction of sp³-hybridized carbons (Fsp3) is 0.688. The molecule has 0 bridgehead atoms. The highest BCUT2D eigenvalue weighted by molar-refractivity contribution is 7.10. The smallest absolute Gasteiger partial charge is 0.230 e. The lowest BCUT2D eigenvalue weighted by Gasteiger charge is -2.42. The van der Waals surface area contributed by atoms with Crippen LogP contribution in [0.5, 0.6) is 0 Å². The molecule has 3 rings (SSSR count). The van der Waals surface area contributed by atoms with Gasteiger partial charge in [-0.05, 0) is 62.5 Å². The predicted molar refractivity (Wildman–Crippen MR) is 83.0 cm³/mol. The Balaban J connectivity index is 1.85. The largest absolute Gasteiger partial charge is 0.335 e. The second-order valence-corrected chi connectivity index (χ2v) is 7.16. The van der Waals surface area contributed by atoms with Gasteiger partial charge in [-0.15, -0.1) is 11.3 Å². The molecule has 0 saturated carbocycles. The van der Waals surface area contributed by atoms with E-state index in [1.165, 1.54) is 16.9 Å². The molecule has 1 aliphatic carbocycles. The van der Waals surface area contributed by atoms with Gasteiger partial charge in [0.15, 0.2) is 0 Å². The molecule has 110 valence electrons. The zero-order chi connectivity index (χ0) is 14.1. The number of nitrogens with two attached hydrogens (primary N) is 1. The highest BCUT2D eigenvalue weighted by Gasteiger charge is 2.37. The summed E-state index contributed by atoms with van der Waals surface area (Å²) in [5, 5.41) is 2.14. The van der Waals surface area contributed by atoms with Crippen molar-refractivity contribution in [3.8, 4) is 0 Å². The number of amides is 1. The molecule has 0 aromatic carbocycles. The number of thiophene rings is 1. The van der Waals surface area contributed by atoms with Gasteiger partial charge in [0.2, 0.25) is 5.91 Å². The lowest BCUT2D eigenvalue weighted by atomic mass is 9.85. The highest BCUT2D eigenvalue weighted by Crippen LogP contribution is 2.37. The lowest BCUT2D eigenvalue weighted by Crippen LogP contribution is -2.53. The van der Waals surface area contributed by atoms with E-state index in [4.69, 9.17) is 5.73 Å². The number of carbonyl (C=O) groups excluding carboxylic acids is 1. The lowest BCUT2D eigenvalue weighted by molar-refractivity contribution is -0.139. The molecule has 1 aliphatic heterocycles. The minimum absolute atomic E-state index is 0.0830. The summed E-state index contributed by atoms with van der Waals surface area (Å²) in [6.07, 6.45) is 6.66. The molecule has 0 radical (unpaired) electrons. The topological polar surface area (TPSA) is 46.3 Å². The van der Waals surface area contributed by atoms with E-state index in [0.29, 0.717) is 18.5 Å². The Hall–Kier alpha value is -0.870. The minimum Gasteiger partial charge on any atom is -0.335 e. The summed E-state index contributed by atoms with van der Waals surface area (Å²) in [7, 11) is 0. The number of carbonyl (C=O) groups is 1. The van der Waals surface area contributed by atoms with Gasteiger partial charge in [0.25, 0.3) is 0 Å². The zero-order valence-electron chi connectivity index (χ0n) is 12.2. The van der Waals surface area contributed by atoms with Crippen LogP contribution in [-0.2, 0) is 11.2 Å². The summed E-state index contributed by atoms with van der Waals surface area (Å²) in [4.78, 5) is 16.6. The molecule has 0 spiro atoms. The van der Waals surface area contributed by atoms with E-state index in [2.05, 4.69) is 23.3 Å². The number of nitrogens with zero attached hydrogens (tertiary/aromatic N) is 1. The summed E-state index contributed by atoms with van der Waals surface area (Å²) in [5.74, 6) is 0.409. The number of rotatable bonds is 2. The molecule has 3 nitrogen and oxygen atoms in total. The fourth-order valence-corrected chi connectivity index (χ4v) is 4.83. The van der Waals surface area contributed by atoms with E-state index in [1.54, 1.807) is 11.3 Å². The van der Waals surface area contributed by atoms with Crippen molar-refractivity contribution in [1.82, 2.24) is 4.90 Å². The Morgan fingerprint density at radius 1 is 1.40 bits per heavy atom. The third-order valence-electron chi connectivity index (χ3n) is 4.90. The summed E-state index contributed by atoms with van der Waals surface area (Å²) < 4.78 is 0. The van der Waals surface area contributed by atoms with Crippen LogP contribution in [0.2, 0.25) is 0 Å². The first-order valence-electron chi connectivity index (χ1n) is 7.81. The van der Waals surface area contributed by atoms with Crippen molar-refractivity contribution in [3.63, 3.8) is 0 Å². The molecule has 1 fully saturated rings. The second-order valence-electron chi connectivity index (χ2n) is 6.16. The molecule has 4 heteroatoms. The number of likely N-dealkylation sites (tertiary alicyclic amines) is 1. The first-order chi connectivity index (χ1) is 9.72. The first kappa shape index (κ1) is 14.1. The number of fused-ring (bicyclic) bond motifs is 1. The maximum absolute atomic E-state index is 13.1. The minimum atomic E-state index is 0.0830. The second kappa shape index (κ2) is 5.86. The van der Waals surface area contributed by atoms with Gasteiger partial charge in [-0.3, -0.25) is 4.79 Å². The molecule has 2 aliphatic rings. The predicted octanol–water partition coefficient (Wildman–Crippen LogP) is 2.90. The molecule has 2 heterocycles. The van der Waals surface area contributed by atoms with Gasteiger partial charge in [0.1, 0.15) is 0 Å². The van der Waals surface area contributed by atoms with Crippen LogP contribution in [0.15, 0.2) is 11.4 Å². The van der Waals surface area contributed by atoms with Crippen molar-refractivity contribution in [2.75, 3.05) is 6.54 Å². The number of aryl methyl sites for hydroxylation is 1. The van der Waals surface area contributed by atoms with Crippen LogP contribution < -0.4 is 5.73 Å². The maximum atomic E-state index is 13.1. The van der Waals surface area contributed by atoms with Crippen LogP contribution in [0.25, 0.3) is 0 Å². The molecule has 2 N–H and O–H groups in total. The molecule has 3 unspecified atom stereocenters. The van der Waals surface area contributed by atoms with Crippen molar-refractivity contribution >= 4 is 17.2 Å². The van der Waals surface area contributed by atoms with Gasteiger partial charge < -0.3 is 10.6 Å². The quantitative estimate of drug-likeness (QED) is 0.911. The van der Waals surface area contributed by atoms with E-state index in [-0.39, 0.29) is 12.0 Å². The van der Waals surface area contributed by atoms with E-state index in [1.807, 2.05) is 0 Å². The van der Waals surface area contributed by atoms with Crippen molar-refractivity contribution in [1.29, 1.82) is 0 Å². The van der Waals surface area contributed by atoms with Crippen LogP contribution in [0, 0.1) is 0 Å². The number of hydrogen-bond donors (Lipinski definition) is 1. The summed E-state index contributed by atoms with van der Waals surface area (Å²) in [6.45, 7) is 2.77. The molecular formula is C16H24N2OS. The van der Waals surface area contributed by atoms with Crippen molar-refractivity contribution < 1.29 is 4.79 Å². The molecule has 1 aromatic heterocycles. The van der Waals surface area contributed by atoms with Gasteiger partial charge in [-0.1, -0.05) is 0 Å². The standard InChI is InChI=1S/C16H24N2OS/c1-11-4-2-5-12(10-17)18(11)16(19)14-6-3-7-15-13(14)8-9-20-15/h8-9,11-12,14H,2-7,10,17H2,1H3. The van der Waals surface area contributed by atoms with Crippen LogP contribution in [0.4, 0.5) is 0 Å². The van der Waals surface area contributed by atoms with Crippen LogP contribution in [-0.4, -0.2) is 29.4 Å². The van der Waals surface area contributed by atoms with E-state index < -0.39 is 0 Å². The summed E-state index contributed by atoms with van der Waals surface area (Å²) in [6, 6.07) is 2.75. The number of piperidine rings is 1. The Morgan fingerprint density at radius 2 is 2.25 bits per heavy atom. The zero-order valence-corrected chi connectivity index (χ0v) is 13.0.